The van der Waals surface area contributed by atoms with Crippen LogP contribution in [0.2, 0.25) is 0 Å². The summed E-state index contributed by atoms with van der Waals surface area (Å²) < 4.78 is 14.8. The molecule has 0 saturated heterocycles. The average molecular weight is 388 g/mol. The first-order chi connectivity index (χ1) is 9.10. The molecule has 0 aliphatic heterocycles. The van der Waals surface area contributed by atoms with E-state index in [0.717, 1.165) is 26.6 Å². The highest BCUT2D eigenvalue weighted by Gasteiger charge is 2.13. The molecule has 1 aromatic heterocycles. The lowest BCUT2D eigenvalue weighted by molar-refractivity contribution is 0.572. The van der Waals surface area contributed by atoms with E-state index in [-0.39, 0.29) is 11.9 Å². The Balaban J connectivity index is 2.21. The summed E-state index contributed by atoms with van der Waals surface area (Å²) in [5, 5.41) is 3.24. The van der Waals surface area contributed by atoms with Gasteiger partial charge in [0.2, 0.25) is 0 Å². The quantitative estimate of drug-likeness (QED) is 0.848. The third-order valence-corrected chi connectivity index (χ3v) is 4.10. The number of hydrogen-bond donors (Lipinski definition) is 1. The van der Waals surface area contributed by atoms with Gasteiger partial charge in [0.05, 0.1) is 11.7 Å². The van der Waals surface area contributed by atoms with Crippen molar-refractivity contribution in [2.24, 2.45) is 0 Å². The van der Waals surface area contributed by atoms with Crippen LogP contribution < -0.4 is 5.32 Å². The van der Waals surface area contributed by atoms with Crippen LogP contribution in [-0.4, -0.2) is 12.0 Å². The van der Waals surface area contributed by atoms with Crippen LogP contribution in [0.3, 0.4) is 0 Å². The van der Waals surface area contributed by atoms with Crippen LogP contribution >= 0.6 is 31.9 Å². The average Bonchev–Trinajstić information content (AvgIpc) is 2.39. The van der Waals surface area contributed by atoms with Gasteiger partial charge in [-0.1, -0.05) is 22.0 Å². The second-order valence-electron chi connectivity index (χ2n) is 4.18. The van der Waals surface area contributed by atoms with Crippen molar-refractivity contribution in [2.45, 2.75) is 12.5 Å². The fourth-order valence-electron chi connectivity index (χ4n) is 1.86. The summed E-state index contributed by atoms with van der Waals surface area (Å²) in [6.07, 6.45) is 2.52. The number of likely N-dealkylation sites (N-methyl/N-ethyl adjacent to an activating group) is 1. The number of aromatic nitrogens is 1. The first-order valence-electron chi connectivity index (χ1n) is 5.83. The second kappa shape index (κ2) is 6.59. The summed E-state index contributed by atoms with van der Waals surface area (Å²) in [6, 6.07) is 8.78. The van der Waals surface area contributed by atoms with Gasteiger partial charge in [0.15, 0.2) is 0 Å². The molecule has 1 N–H and O–H groups in total. The van der Waals surface area contributed by atoms with E-state index in [9.17, 15) is 4.39 Å². The number of hydrogen-bond acceptors (Lipinski definition) is 2. The van der Waals surface area contributed by atoms with Crippen molar-refractivity contribution in [3.05, 3.63) is 62.5 Å². The van der Waals surface area contributed by atoms with E-state index in [1.54, 1.807) is 12.3 Å². The van der Waals surface area contributed by atoms with Crippen molar-refractivity contribution < 1.29 is 4.39 Å². The molecule has 1 aromatic carbocycles. The van der Waals surface area contributed by atoms with Gasteiger partial charge < -0.3 is 5.32 Å². The molecule has 2 rings (SSSR count). The predicted molar refractivity (Wildman–Crippen MR) is 81.5 cm³/mol. The molecule has 0 aliphatic rings. The highest BCUT2D eigenvalue weighted by atomic mass is 79.9. The van der Waals surface area contributed by atoms with Crippen LogP contribution in [0.1, 0.15) is 17.3 Å². The Morgan fingerprint density at radius 2 is 2.05 bits per heavy atom. The van der Waals surface area contributed by atoms with Crippen molar-refractivity contribution in [2.75, 3.05) is 7.05 Å². The van der Waals surface area contributed by atoms with Gasteiger partial charge >= 0.3 is 0 Å². The van der Waals surface area contributed by atoms with Crippen molar-refractivity contribution in [3.63, 3.8) is 0 Å². The van der Waals surface area contributed by atoms with Gasteiger partial charge in [-0.05, 0) is 59.2 Å². The number of benzene rings is 1. The Bertz CT molecular complexity index is 558. The van der Waals surface area contributed by atoms with E-state index in [1.165, 1.54) is 12.1 Å². The second-order valence-corrected chi connectivity index (χ2v) is 5.95. The number of nitrogens with one attached hydrogen (secondary N) is 1. The molecule has 2 nitrogen and oxygen atoms in total. The standard InChI is InChI=1S/C14H13Br2FN2/c1-18-14(13-5-3-10(15)8-19-13)6-9-2-4-11(17)7-12(9)16/h2-5,7-8,14,18H,6H2,1H3. The van der Waals surface area contributed by atoms with Gasteiger partial charge in [-0.25, -0.2) is 4.39 Å². The lowest BCUT2D eigenvalue weighted by atomic mass is 10.0. The zero-order valence-electron chi connectivity index (χ0n) is 10.3. The summed E-state index contributed by atoms with van der Waals surface area (Å²) in [7, 11) is 1.89. The fraction of sp³-hybridized carbons (Fsp3) is 0.214. The Hall–Kier alpha value is -0.780. The van der Waals surface area contributed by atoms with Gasteiger partial charge in [-0.2, -0.15) is 0 Å². The Labute approximate surface area is 128 Å². The molecule has 0 amide bonds. The maximum Gasteiger partial charge on any atom is 0.124 e. The lowest BCUT2D eigenvalue weighted by Crippen LogP contribution is -2.20. The maximum atomic E-state index is 13.1. The molecule has 0 spiro atoms. The molecule has 19 heavy (non-hydrogen) atoms. The minimum Gasteiger partial charge on any atom is -0.311 e. The zero-order valence-corrected chi connectivity index (χ0v) is 13.5. The Kier molecular flexibility index (Phi) is 5.07. The SMILES string of the molecule is CNC(Cc1ccc(F)cc1Br)c1ccc(Br)cn1. The van der Waals surface area contributed by atoms with Gasteiger partial charge in [-0.15, -0.1) is 0 Å². The Morgan fingerprint density at radius 3 is 2.63 bits per heavy atom. The first-order valence-corrected chi connectivity index (χ1v) is 7.41. The number of pyridine rings is 1. The summed E-state index contributed by atoms with van der Waals surface area (Å²) in [6.45, 7) is 0. The first kappa shape index (κ1) is 14.6. The zero-order chi connectivity index (χ0) is 13.8. The van der Waals surface area contributed by atoms with E-state index in [4.69, 9.17) is 0 Å². The van der Waals surface area contributed by atoms with Gasteiger partial charge in [0.1, 0.15) is 5.82 Å². The third-order valence-electron chi connectivity index (χ3n) is 2.89. The molecule has 0 bridgehead atoms. The van der Waals surface area contributed by atoms with Gasteiger partial charge in [0, 0.05) is 15.1 Å². The molecular formula is C14H13Br2FN2. The normalized spacial score (nSPS) is 12.4. The van der Waals surface area contributed by atoms with E-state index in [0.29, 0.717) is 0 Å². The van der Waals surface area contributed by atoms with E-state index in [1.807, 2.05) is 19.2 Å². The minimum absolute atomic E-state index is 0.0925. The van der Waals surface area contributed by atoms with Crippen LogP contribution in [0.15, 0.2) is 45.5 Å². The van der Waals surface area contributed by atoms with Crippen molar-refractivity contribution in [1.82, 2.24) is 10.3 Å². The molecule has 1 unspecified atom stereocenters. The van der Waals surface area contributed by atoms with Gasteiger partial charge in [-0.3, -0.25) is 4.98 Å². The molecular weight excluding hydrogens is 375 g/mol. The lowest BCUT2D eigenvalue weighted by Gasteiger charge is -2.16. The van der Waals surface area contributed by atoms with Crippen molar-refractivity contribution in [3.8, 4) is 0 Å². The maximum absolute atomic E-state index is 13.1. The molecule has 0 radical (unpaired) electrons. The molecule has 2 aromatic rings. The highest BCUT2D eigenvalue weighted by Crippen LogP contribution is 2.24. The van der Waals surface area contributed by atoms with Crippen molar-refractivity contribution >= 4 is 31.9 Å². The van der Waals surface area contributed by atoms with Gasteiger partial charge in [0.25, 0.3) is 0 Å². The number of halogens is 3. The largest absolute Gasteiger partial charge is 0.311 e. The molecule has 0 saturated carbocycles. The molecule has 0 fully saturated rings. The molecule has 100 valence electrons. The summed E-state index contributed by atoms with van der Waals surface area (Å²) >= 11 is 6.76. The molecule has 0 aliphatic carbocycles. The van der Waals surface area contributed by atoms with Crippen LogP contribution in [-0.2, 0) is 6.42 Å². The number of rotatable bonds is 4. The number of nitrogens with zero attached hydrogens (tertiary/aromatic N) is 1. The summed E-state index contributed by atoms with van der Waals surface area (Å²) in [4.78, 5) is 4.39. The minimum atomic E-state index is -0.238. The van der Waals surface area contributed by atoms with E-state index in [2.05, 4.69) is 42.2 Å². The van der Waals surface area contributed by atoms with Crippen molar-refractivity contribution in [1.29, 1.82) is 0 Å². The third kappa shape index (κ3) is 3.84. The smallest absolute Gasteiger partial charge is 0.124 e. The summed E-state index contributed by atoms with van der Waals surface area (Å²) in [5.74, 6) is -0.238. The van der Waals surface area contributed by atoms with E-state index >= 15 is 0 Å². The fourth-order valence-corrected chi connectivity index (χ4v) is 2.60. The summed E-state index contributed by atoms with van der Waals surface area (Å²) in [5.41, 5.74) is 2.01. The van der Waals surface area contributed by atoms with Crippen LogP contribution in [0.4, 0.5) is 4.39 Å². The monoisotopic (exact) mass is 386 g/mol. The predicted octanol–water partition coefficient (Wildman–Crippen LogP) is 4.25. The Morgan fingerprint density at radius 1 is 1.26 bits per heavy atom. The van der Waals surface area contributed by atoms with Crippen LogP contribution in [0, 0.1) is 5.82 Å². The topological polar surface area (TPSA) is 24.9 Å². The highest BCUT2D eigenvalue weighted by molar-refractivity contribution is 9.10. The molecule has 5 heteroatoms. The van der Waals surface area contributed by atoms with Crippen LogP contribution in [0.25, 0.3) is 0 Å². The molecule has 1 atom stereocenters. The van der Waals surface area contributed by atoms with E-state index < -0.39 is 0 Å². The molecule has 1 heterocycles. The van der Waals surface area contributed by atoms with Crippen LogP contribution in [0.5, 0.6) is 0 Å².